The smallest absolute Gasteiger partial charge is 0.416 e. The summed E-state index contributed by atoms with van der Waals surface area (Å²) in [5.41, 5.74) is 4.65. The van der Waals surface area contributed by atoms with Gasteiger partial charge in [0.25, 0.3) is 0 Å². The van der Waals surface area contributed by atoms with Crippen molar-refractivity contribution < 1.29 is 26.3 Å². The van der Waals surface area contributed by atoms with Gasteiger partial charge in [-0.15, -0.1) is 0 Å². The summed E-state index contributed by atoms with van der Waals surface area (Å²) in [6, 6.07) is 9.81. The first-order valence-corrected chi connectivity index (χ1v) is 8.50. The van der Waals surface area contributed by atoms with Gasteiger partial charge in [0, 0.05) is 6.54 Å². The lowest BCUT2D eigenvalue weighted by Crippen LogP contribution is -2.22. The Morgan fingerprint density at radius 3 is 2.25 bits per heavy atom. The topological polar surface area (TPSA) is 69.4 Å². The van der Waals surface area contributed by atoms with E-state index in [1.54, 1.807) is 0 Å². The van der Waals surface area contributed by atoms with Gasteiger partial charge in [-0.05, 0) is 35.9 Å². The maximum atomic E-state index is 12.8. The molecule has 0 aliphatic rings. The molecule has 1 atom stereocenters. The van der Waals surface area contributed by atoms with Gasteiger partial charge in [-0.25, -0.2) is 8.42 Å². The second-order valence-electron chi connectivity index (χ2n) is 5.07. The van der Waals surface area contributed by atoms with Crippen molar-refractivity contribution in [1.82, 2.24) is 0 Å². The zero-order chi connectivity index (χ0) is 18.0. The van der Waals surface area contributed by atoms with Crippen LogP contribution in [0.3, 0.4) is 0 Å². The number of halogens is 3. The van der Waals surface area contributed by atoms with Crippen LogP contribution < -0.4 is 10.5 Å². The molecule has 0 amide bonds. The molecule has 0 saturated heterocycles. The third-order valence-corrected chi connectivity index (χ3v) is 5.71. The summed E-state index contributed by atoms with van der Waals surface area (Å²) in [6.45, 7) is -0.338. The molecule has 4 nitrogen and oxygen atoms in total. The Bertz CT molecular complexity index is 802. The van der Waals surface area contributed by atoms with Crippen LogP contribution >= 0.6 is 0 Å². The summed E-state index contributed by atoms with van der Waals surface area (Å²) in [6.07, 6.45) is -4.56. The summed E-state index contributed by atoms with van der Waals surface area (Å²) in [5, 5.41) is -1.27. The van der Waals surface area contributed by atoms with Crippen molar-refractivity contribution in [3.8, 4) is 5.75 Å². The van der Waals surface area contributed by atoms with Crippen molar-refractivity contribution >= 4 is 9.84 Å². The number of nitrogens with two attached hydrogens (primary N) is 1. The van der Waals surface area contributed by atoms with Crippen LogP contribution in [0.5, 0.6) is 5.75 Å². The van der Waals surface area contributed by atoms with Crippen molar-refractivity contribution in [2.75, 3.05) is 13.7 Å². The fraction of sp³-hybridized carbons (Fsp3) is 0.250. The molecule has 0 aliphatic heterocycles. The van der Waals surface area contributed by atoms with E-state index in [0.29, 0.717) is 5.75 Å². The average Bonchev–Trinajstić information content (AvgIpc) is 2.55. The van der Waals surface area contributed by atoms with Crippen molar-refractivity contribution in [1.29, 1.82) is 0 Å². The Morgan fingerprint density at radius 1 is 1.12 bits per heavy atom. The summed E-state index contributed by atoms with van der Waals surface area (Å²) < 4.78 is 68.9. The number of rotatable bonds is 5. The molecule has 0 saturated carbocycles. The first kappa shape index (κ1) is 18.3. The van der Waals surface area contributed by atoms with Crippen molar-refractivity contribution in [3.05, 3.63) is 59.7 Å². The minimum Gasteiger partial charge on any atom is -0.497 e. The lowest BCUT2D eigenvalue weighted by atomic mass is 10.1. The van der Waals surface area contributed by atoms with Gasteiger partial charge in [0.15, 0.2) is 9.84 Å². The average molecular weight is 359 g/mol. The van der Waals surface area contributed by atoms with Crippen molar-refractivity contribution in [3.63, 3.8) is 0 Å². The molecule has 0 fully saturated rings. The van der Waals surface area contributed by atoms with Crippen LogP contribution in [0.1, 0.15) is 16.4 Å². The molecule has 2 N–H and O–H groups in total. The predicted molar refractivity (Wildman–Crippen MR) is 83.4 cm³/mol. The van der Waals surface area contributed by atoms with Crippen LogP contribution in [0.4, 0.5) is 13.2 Å². The molecule has 0 aliphatic carbocycles. The Balaban J connectivity index is 2.46. The van der Waals surface area contributed by atoms with Gasteiger partial charge in [0.2, 0.25) is 0 Å². The maximum Gasteiger partial charge on any atom is 0.416 e. The van der Waals surface area contributed by atoms with E-state index >= 15 is 0 Å². The zero-order valence-corrected chi connectivity index (χ0v) is 13.6. The fourth-order valence-corrected chi connectivity index (χ4v) is 3.89. The second-order valence-corrected chi connectivity index (χ2v) is 7.20. The molecule has 0 aromatic heterocycles. The highest BCUT2D eigenvalue weighted by molar-refractivity contribution is 7.91. The van der Waals surface area contributed by atoms with Crippen molar-refractivity contribution in [2.24, 2.45) is 5.73 Å². The van der Waals surface area contributed by atoms with E-state index in [4.69, 9.17) is 10.5 Å². The minimum atomic E-state index is -4.56. The first-order chi connectivity index (χ1) is 11.2. The number of hydrogen-bond acceptors (Lipinski definition) is 4. The molecule has 2 rings (SSSR count). The molecule has 8 heteroatoms. The standard InChI is InChI=1S/C16H16F3NO3S/c1-23-13-5-7-14(8-6-13)24(21,22)15(10-20)11-3-2-4-12(9-11)16(17,18)19/h2-9,15H,10,20H2,1H3/t15-/m1/s1. The Labute approximate surface area is 138 Å². The molecule has 2 aromatic carbocycles. The fourth-order valence-electron chi connectivity index (χ4n) is 2.29. The van der Waals surface area contributed by atoms with E-state index in [1.807, 2.05) is 0 Å². The monoisotopic (exact) mass is 359 g/mol. The zero-order valence-electron chi connectivity index (χ0n) is 12.7. The van der Waals surface area contributed by atoms with E-state index in [0.717, 1.165) is 12.1 Å². The van der Waals surface area contributed by atoms with E-state index in [9.17, 15) is 21.6 Å². The highest BCUT2D eigenvalue weighted by Gasteiger charge is 2.33. The summed E-state index contributed by atoms with van der Waals surface area (Å²) in [5.74, 6) is 0.470. The summed E-state index contributed by atoms with van der Waals surface area (Å²) in [4.78, 5) is -0.0313. The second kappa shape index (κ2) is 6.82. The number of benzene rings is 2. The molecule has 2 aromatic rings. The molecule has 0 bridgehead atoms. The highest BCUT2D eigenvalue weighted by atomic mass is 32.2. The van der Waals surface area contributed by atoms with Gasteiger partial charge in [-0.1, -0.05) is 18.2 Å². The first-order valence-electron chi connectivity index (χ1n) is 6.95. The van der Waals surface area contributed by atoms with Gasteiger partial charge >= 0.3 is 6.18 Å². The van der Waals surface area contributed by atoms with Crippen LogP contribution in [0, 0.1) is 0 Å². The molecule has 130 valence electrons. The molecular weight excluding hydrogens is 343 g/mol. The molecule has 0 spiro atoms. The van der Waals surface area contributed by atoms with Crippen LogP contribution in [-0.2, 0) is 16.0 Å². The third kappa shape index (κ3) is 3.70. The lowest BCUT2D eigenvalue weighted by molar-refractivity contribution is -0.137. The SMILES string of the molecule is COc1ccc(S(=O)(=O)[C@H](CN)c2cccc(C(F)(F)F)c2)cc1. The predicted octanol–water partition coefficient (Wildman–Crippen LogP) is 3.19. The Hall–Kier alpha value is -2.06. The van der Waals surface area contributed by atoms with Crippen LogP contribution in [0.15, 0.2) is 53.4 Å². The summed E-state index contributed by atoms with van der Waals surface area (Å²) in [7, 11) is -2.50. The van der Waals surface area contributed by atoms with E-state index in [1.165, 1.54) is 43.5 Å². The van der Waals surface area contributed by atoms with Gasteiger partial charge in [-0.2, -0.15) is 13.2 Å². The van der Waals surface area contributed by atoms with Crippen LogP contribution in [0.25, 0.3) is 0 Å². The number of hydrogen-bond donors (Lipinski definition) is 1. The van der Waals surface area contributed by atoms with Crippen LogP contribution in [0.2, 0.25) is 0 Å². The van der Waals surface area contributed by atoms with Gasteiger partial charge in [0.05, 0.1) is 17.6 Å². The molecule has 0 unspecified atom stereocenters. The van der Waals surface area contributed by atoms with E-state index in [-0.39, 0.29) is 17.0 Å². The number of alkyl halides is 3. The van der Waals surface area contributed by atoms with Gasteiger partial charge in [-0.3, -0.25) is 0 Å². The number of methoxy groups -OCH3 is 1. The maximum absolute atomic E-state index is 12.8. The summed E-state index contributed by atoms with van der Waals surface area (Å²) >= 11 is 0. The van der Waals surface area contributed by atoms with E-state index < -0.39 is 26.8 Å². The van der Waals surface area contributed by atoms with E-state index in [2.05, 4.69) is 0 Å². The van der Waals surface area contributed by atoms with Gasteiger partial charge < -0.3 is 10.5 Å². The molecule has 0 heterocycles. The third-order valence-electron chi connectivity index (χ3n) is 3.56. The highest BCUT2D eigenvalue weighted by Crippen LogP contribution is 2.34. The van der Waals surface area contributed by atoms with Crippen molar-refractivity contribution in [2.45, 2.75) is 16.3 Å². The van der Waals surface area contributed by atoms with Crippen LogP contribution in [-0.4, -0.2) is 22.1 Å². The largest absolute Gasteiger partial charge is 0.497 e. The van der Waals surface area contributed by atoms with Gasteiger partial charge in [0.1, 0.15) is 11.0 Å². The normalized spacial score (nSPS) is 13.5. The molecular formula is C16H16F3NO3S. The Morgan fingerprint density at radius 2 is 1.75 bits per heavy atom. The Kier molecular flexibility index (Phi) is 5.19. The minimum absolute atomic E-state index is 0.00291. The number of ether oxygens (including phenoxy) is 1. The quantitative estimate of drug-likeness (QED) is 0.890. The number of sulfone groups is 1. The lowest BCUT2D eigenvalue weighted by Gasteiger charge is -2.18. The molecule has 24 heavy (non-hydrogen) atoms. The molecule has 0 radical (unpaired) electrons.